The van der Waals surface area contributed by atoms with Gasteiger partial charge in [0, 0.05) is 32.8 Å². The molecule has 0 aromatic heterocycles. The Hall–Kier alpha value is -0.810. The summed E-state index contributed by atoms with van der Waals surface area (Å²) < 4.78 is 5.28. The van der Waals surface area contributed by atoms with Gasteiger partial charge in [-0.15, -0.1) is 0 Å². The average molecular weight is 258 g/mol. The van der Waals surface area contributed by atoms with E-state index in [2.05, 4.69) is 36.1 Å². The van der Waals surface area contributed by atoms with Gasteiger partial charge < -0.3 is 9.64 Å². The molecule has 0 bridgehead atoms. The molecule has 0 rings (SSSR count). The second kappa shape index (κ2) is 11.3. The van der Waals surface area contributed by atoms with Crippen molar-refractivity contribution in [3.63, 3.8) is 0 Å². The number of aliphatic imine (C=N–C) groups is 1. The smallest absolute Gasteiger partial charge is 0.208 e. The van der Waals surface area contributed by atoms with Crippen LogP contribution in [0.25, 0.3) is 0 Å². The summed E-state index contributed by atoms with van der Waals surface area (Å²) >= 11 is 0. The maximum atomic E-state index is 5.55. The fourth-order valence-electron chi connectivity index (χ4n) is 1.60. The highest BCUT2D eigenvalue weighted by Crippen LogP contribution is 2.04. The van der Waals surface area contributed by atoms with Gasteiger partial charge >= 0.3 is 0 Å². The first-order valence-electron chi connectivity index (χ1n) is 7.03. The number of guanidine groups is 1. The van der Waals surface area contributed by atoms with Gasteiger partial charge in [0.05, 0.1) is 0 Å². The normalized spacial score (nSPS) is 13.5. The van der Waals surface area contributed by atoms with Crippen LogP contribution < -0.4 is 11.3 Å². The summed E-state index contributed by atoms with van der Waals surface area (Å²) in [6.45, 7) is 12.7. The number of nitrogens with one attached hydrogen (secondary N) is 1. The monoisotopic (exact) mass is 258 g/mol. The summed E-state index contributed by atoms with van der Waals surface area (Å²) in [6, 6.07) is 0. The Morgan fingerprint density at radius 2 is 2.11 bits per heavy atom. The van der Waals surface area contributed by atoms with E-state index in [-0.39, 0.29) is 0 Å². The number of hydrogen-bond acceptors (Lipinski definition) is 3. The molecule has 0 aliphatic carbocycles. The molecule has 1 unspecified atom stereocenters. The SMILES string of the molecule is CCOCCCN=C(NN)N(CC)CC(C)CC. The Labute approximate surface area is 112 Å². The summed E-state index contributed by atoms with van der Waals surface area (Å²) in [6.07, 6.45) is 2.10. The lowest BCUT2D eigenvalue weighted by molar-refractivity contribution is 0.146. The van der Waals surface area contributed by atoms with Crippen LogP contribution >= 0.6 is 0 Å². The lowest BCUT2D eigenvalue weighted by atomic mass is 10.1. The van der Waals surface area contributed by atoms with Gasteiger partial charge in [-0.25, -0.2) is 5.84 Å². The molecule has 0 aliphatic heterocycles. The van der Waals surface area contributed by atoms with Gasteiger partial charge in [0.15, 0.2) is 0 Å². The maximum absolute atomic E-state index is 5.55. The minimum Gasteiger partial charge on any atom is -0.382 e. The van der Waals surface area contributed by atoms with Crippen molar-refractivity contribution in [2.75, 3.05) is 32.8 Å². The van der Waals surface area contributed by atoms with Gasteiger partial charge in [-0.05, 0) is 26.2 Å². The molecule has 5 heteroatoms. The predicted molar refractivity (Wildman–Crippen MR) is 77.4 cm³/mol. The highest BCUT2D eigenvalue weighted by atomic mass is 16.5. The summed E-state index contributed by atoms with van der Waals surface area (Å²) in [5.41, 5.74) is 2.71. The van der Waals surface area contributed by atoms with Crippen molar-refractivity contribution in [1.29, 1.82) is 0 Å². The van der Waals surface area contributed by atoms with Crippen molar-refractivity contribution in [2.24, 2.45) is 16.8 Å². The Balaban J connectivity index is 4.19. The lowest BCUT2D eigenvalue weighted by Gasteiger charge is -2.26. The molecule has 0 radical (unpaired) electrons. The van der Waals surface area contributed by atoms with Crippen molar-refractivity contribution < 1.29 is 4.74 Å². The highest BCUT2D eigenvalue weighted by Gasteiger charge is 2.10. The third kappa shape index (κ3) is 7.50. The molecule has 5 nitrogen and oxygen atoms in total. The van der Waals surface area contributed by atoms with E-state index in [1.54, 1.807) is 0 Å². The largest absolute Gasteiger partial charge is 0.382 e. The summed E-state index contributed by atoms with van der Waals surface area (Å²) in [5.74, 6) is 6.99. The van der Waals surface area contributed by atoms with E-state index in [9.17, 15) is 0 Å². The second-order valence-electron chi connectivity index (χ2n) is 4.45. The van der Waals surface area contributed by atoms with Crippen LogP contribution in [0.4, 0.5) is 0 Å². The van der Waals surface area contributed by atoms with Gasteiger partial charge in [-0.3, -0.25) is 10.4 Å². The topological polar surface area (TPSA) is 62.9 Å². The van der Waals surface area contributed by atoms with Crippen LogP contribution in [-0.2, 0) is 4.74 Å². The zero-order chi connectivity index (χ0) is 13.8. The number of hydrogen-bond donors (Lipinski definition) is 2. The number of nitrogens with zero attached hydrogens (tertiary/aromatic N) is 2. The van der Waals surface area contributed by atoms with E-state index >= 15 is 0 Å². The van der Waals surface area contributed by atoms with Gasteiger partial charge in [0.1, 0.15) is 0 Å². The first-order valence-corrected chi connectivity index (χ1v) is 7.03. The Bertz CT molecular complexity index is 221. The molecule has 0 saturated carbocycles. The molecule has 0 amide bonds. The first kappa shape index (κ1) is 17.2. The minimum absolute atomic E-state index is 0.645. The molecule has 18 heavy (non-hydrogen) atoms. The third-order valence-corrected chi connectivity index (χ3v) is 2.95. The fraction of sp³-hybridized carbons (Fsp3) is 0.923. The molecule has 0 spiro atoms. The first-order chi connectivity index (χ1) is 8.69. The molecule has 3 N–H and O–H groups in total. The predicted octanol–water partition coefficient (Wildman–Crippen LogP) is 1.60. The van der Waals surface area contributed by atoms with E-state index < -0.39 is 0 Å². The summed E-state index contributed by atoms with van der Waals surface area (Å²) in [5, 5.41) is 0. The number of nitrogens with two attached hydrogens (primary N) is 1. The third-order valence-electron chi connectivity index (χ3n) is 2.95. The van der Waals surface area contributed by atoms with Crippen molar-refractivity contribution in [3.05, 3.63) is 0 Å². The van der Waals surface area contributed by atoms with Crippen LogP contribution in [0.3, 0.4) is 0 Å². The Morgan fingerprint density at radius 3 is 2.61 bits per heavy atom. The minimum atomic E-state index is 0.645. The number of ether oxygens (including phenoxy) is 1. The molecule has 0 heterocycles. The van der Waals surface area contributed by atoms with Crippen LogP contribution in [0.15, 0.2) is 4.99 Å². The zero-order valence-electron chi connectivity index (χ0n) is 12.4. The van der Waals surface area contributed by atoms with E-state index in [1.807, 2.05) is 6.92 Å². The van der Waals surface area contributed by atoms with Crippen LogP contribution in [-0.4, -0.2) is 43.7 Å². The van der Waals surface area contributed by atoms with Gasteiger partial charge in [0.2, 0.25) is 5.96 Å². The van der Waals surface area contributed by atoms with E-state index in [0.29, 0.717) is 5.92 Å². The molecule has 0 aromatic carbocycles. The van der Waals surface area contributed by atoms with E-state index in [4.69, 9.17) is 10.6 Å². The quantitative estimate of drug-likeness (QED) is 0.217. The zero-order valence-corrected chi connectivity index (χ0v) is 12.4. The molecular weight excluding hydrogens is 228 g/mol. The Kier molecular flexibility index (Phi) is 10.8. The second-order valence-corrected chi connectivity index (χ2v) is 4.45. The van der Waals surface area contributed by atoms with Crippen LogP contribution in [0.5, 0.6) is 0 Å². The summed E-state index contributed by atoms with van der Waals surface area (Å²) in [4.78, 5) is 6.69. The molecule has 0 fully saturated rings. The van der Waals surface area contributed by atoms with E-state index in [1.165, 1.54) is 6.42 Å². The van der Waals surface area contributed by atoms with Gasteiger partial charge in [-0.1, -0.05) is 20.3 Å². The van der Waals surface area contributed by atoms with Gasteiger partial charge in [0.25, 0.3) is 0 Å². The van der Waals surface area contributed by atoms with Crippen molar-refractivity contribution >= 4 is 5.96 Å². The highest BCUT2D eigenvalue weighted by molar-refractivity contribution is 5.79. The molecule has 0 aliphatic rings. The molecular formula is C13H30N4O. The molecule has 0 aromatic rings. The van der Waals surface area contributed by atoms with E-state index in [0.717, 1.165) is 45.2 Å². The van der Waals surface area contributed by atoms with Crippen molar-refractivity contribution in [2.45, 2.75) is 40.5 Å². The maximum Gasteiger partial charge on any atom is 0.208 e. The summed E-state index contributed by atoms with van der Waals surface area (Å²) in [7, 11) is 0. The van der Waals surface area contributed by atoms with Crippen LogP contribution in [0.1, 0.15) is 40.5 Å². The fourth-order valence-corrected chi connectivity index (χ4v) is 1.60. The van der Waals surface area contributed by atoms with Gasteiger partial charge in [-0.2, -0.15) is 0 Å². The average Bonchev–Trinajstić information content (AvgIpc) is 2.40. The molecule has 0 saturated heterocycles. The molecule has 1 atom stereocenters. The molecule has 108 valence electrons. The lowest BCUT2D eigenvalue weighted by Crippen LogP contribution is -2.46. The Morgan fingerprint density at radius 1 is 1.39 bits per heavy atom. The van der Waals surface area contributed by atoms with Crippen LogP contribution in [0, 0.1) is 5.92 Å². The van der Waals surface area contributed by atoms with Crippen LogP contribution in [0.2, 0.25) is 0 Å². The number of rotatable bonds is 9. The standard InChI is InChI=1S/C13H30N4O/c1-5-12(4)11-17(6-2)13(16-14)15-9-8-10-18-7-3/h12H,5-11,14H2,1-4H3,(H,15,16). The van der Waals surface area contributed by atoms with Crippen molar-refractivity contribution in [3.8, 4) is 0 Å². The van der Waals surface area contributed by atoms with Crippen molar-refractivity contribution in [1.82, 2.24) is 10.3 Å². The number of hydrazine groups is 1.